The molecule has 5 heteroatoms. The molecule has 4 rings (SSSR count). The van der Waals surface area contributed by atoms with Gasteiger partial charge in [0, 0.05) is 24.8 Å². The fraction of sp³-hybridized carbons (Fsp3) is 0.304. The van der Waals surface area contributed by atoms with Gasteiger partial charge in [0.05, 0.1) is 5.56 Å². The molecule has 0 bridgehead atoms. The van der Waals surface area contributed by atoms with Crippen LogP contribution in [0.5, 0.6) is 0 Å². The Labute approximate surface area is 164 Å². The van der Waals surface area contributed by atoms with Gasteiger partial charge in [-0.25, -0.2) is 4.79 Å². The number of piperidine rings is 1. The summed E-state index contributed by atoms with van der Waals surface area (Å²) in [7, 11) is 0. The fourth-order valence-corrected chi connectivity index (χ4v) is 4.13. The van der Waals surface area contributed by atoms with Crippen molar-refractivity contribution in [3.8, 4) is 0 Å². The van der Waals surface area contributed by atoms with Crippen molar-refractivity contribution >= 4 is 22.8 Å². The molecule has 28 heavy (non-hydrogen) atoms. The third-order valence-electron chi connectivity index (χ3n) is 5.71. The third kappa shape index (κ3) is 3.79. The predicted molar refractivity (Wildman–Crippen MR) is 108 cm³/mol. The molecule has 1 fully saturated rings. The van der Waals surface area contributed by atoms with Gasteiger partial charge in [-0.1, -0.05) is 36.4 Å². The molecule has 0 aliphatic carbocycles. The molecule has 144 valence electrons. The van der Waals surface area contributed by atoms with Crippen LogP contribution < -0.4 is 0 Å². The first kappa shape index (κ1) is 18.3. The largest absolute Gasteiger partial charge is 0.478 e. The molecule has 5 nitrogen and oxygen atoms in total. The Morgan fingerprint density at radius 2 is 1.68 bits per heavy atom. The van der Waals surface area contributed by atoms with E-state index in [0.29, 0.717) is 18.0 Å². The number of hydrogen-bond donors (Lipinski definition) is 1. The van der Waals surface area contributed by atoms with E-state index in [1.54, 1.807) is 12.1 Å². The van der Waals surface area contributed by atoms with Gasteiger partial charge in [0.1, 0.15) is 6.54 Å². The van der Waals surface area contributed by atoms with Crippen molar-refractivity contribution in [1.29, 1.82) is 0 Å². The molecule has 1 N–H and O–H groups in total. The van der Waals surface area contributed by atoms with E-state index < -0.39 is 5.97 Å². The predicted octanol–water partition coefficient (Wildman–Crippen LogP) is 3.82. The number of likely N-dealkylation sites (tertiary alicyclic amines) is 1. The standard InChI is InChI=1S/C23H24N2O3/c26-22(16-25-14-11-18-5-2-4-8-21(18)25)24-12-9-17(10-13-24)15-19-6-1-3-7-20(19)23(27)28/h1-8,11,14,17H,9-10,12-13,15-16H2,(H,27,28). The number of carbonyl (C=O) groups is 2. The Kier molecular flexibility index (Phi) is 5.15. The molecular weight excluding hydrogens is 352 g/mol. The number of carboxylic acids is 1. The fourth-order valence-electron chi connectivity index (χ4n) is 4.13. The van der Waals surface area contributed by atoms with Crippen LogP contribution in [0.25, 0.3) is 10.9 Å². The average Bonchev–Trinajstić information content (AvgIpc) is 3.12. The summed E-state index contributed by atoms with van der Waals surface area (Å²) >= 11 is 0. The van der Waals surface area contributed by atoms with Crippen molar-refractivity contribution in [2.24, 2.45) is 5.92 Å². The molecule has 2 heterocycles. The van der Waals surface area contributed by atoms with E-state index in [9.17, 15) is 14.7 Å². The molecule has 0 radical (unpaired) electrons. The number of benzene rings is 2. The second kappa shape index (κ2) is 7.89. The first-order chi connectivity index (χ1) is 13.6. The molecular formula is C23H24N2O3. The minimum Gasteiger partial charge on any atom is -0.478 e. The minimum atomic E-state index is -0.873. The lowest BCUT2D eigenvalue weighted by Crippen LogP contribution is -2.40. The number of nitrogens with zero attached hydrogens (tertiary/aromatic N) is 2. The summed E-state index contributed by atoms with van der Waals surface area (Å²) in [6, 6.07) is 17.3. The molecule has 1 amide bonds. The van der Waals surface area contributed by atoms with Crippen molar-refractivity contribution in [2.45, 2.75) is 25.8 Å². The summed E-state index contributed by atoms with van der Waals surface area (Å²) < 4.78 is 2.01. The van der Waals surface area contributed by atoms with Gasteiger partial charge in [0.2, 0.25) is 5.91 Å². The molecule has 1 aromatic heterocycles. The lowest BCUT2D eigenvalue weighted by atomic mass is 9.88. The average molecular weight is 376 g/mol. The Morgan fingerprint density at radius 3 is 2.46 bits per heavy atom. The zero-order chi connectivity index (χ0) is 19.5. The Balaban J connectivity index is 1.35. The second-order valence-corrected chi connectivity index (χ2v) is 7.49. The van der Waals surface area contributed by atoms with Crippen LogP contribution in [0.15, 0.2) is 60.8 Å². The molecule has 1 aliphatic heterocycles. The summed E-state index contributed by atoms with van der Waals surface area (Å²) in [6.45, 7) is 1.83. The van der Waals surface area contributed by atoms with Gasteiger partial charge in [0.15, 0.2) is 0 Å². The van der Waals surface area contributed by atoms with Crippen molar-refractivity contribution in [3.63, 3.8) is 0 Å². The quantitative estimate of drug-likeness (QED) is 0.736. The SMILES string of the molecule is O=C(O)c1ccccc1CC1CCN(C(=O)Cn2ccc3ccccc32)CC1. The van der Waals surface area contributed by atoms with Crippen LogP contribution in [-0.4, -0.2) is 39.5 Å². The third-order valence-corrected chi connectivity index (χ3v) is 5.71. The van der Waals surface area contributed by atoms with E-state index in [2.05, 4.69) is 6.07 Å². The number of carbonyl (C=O) groups excluding carboxylic acids is 1. The van der Waals surface area contributed by atoms with E-state index in [4.69, 9.17) is 0 Å². The van der Waals surface area contributed by atoms with Crippen molar-refractivity contribution in [3.05, 3.63) is 71.9 Å². The summed E-state index contributed by atoms with van der Waals surface area (Å²) in [4.78, 5) is 26.1. The van der Waals surface area contributed by atoms with Gasteiger partial charge in [-0.05, 0) is 54.3 Å². The molecule has 0 unspecified atom stereocenters. The van der Waals surface area contributed by atoms with Crippen LogP contribution in [0.3, 0.4) is 0 Å². The zero-order valence-electron chi connectivity index (χ0n) is 15.8. The van der Waals surface area contributed by atoms with Crippen LogP contribution in [0.4, 0.5) is 0 Å². The van der Waals surface area contributed by atoms with Crippen molar-refractivity contribution in [2.75, 3.05) is 13.1 Å². The van der Waals surface area contributed by atoms with E-state index in [1.165, 1.54) is 0 Å². The van der Waals surface area contributed by atoms with E-state index in [0.717, 1.165) is 48.8 Å². The molecule has 3 aromatic rings. The van der Waals surface area contributed by atoms with Crippen LogP contribution in [-0.2, 0) is 17.8 Å². The molecule has 1 aliphatic rings. The maximum absolute atomic E-state index is 12.7. The molecule has 1 saturated heterocycles. The van der Waals surface area contributed by atoms with E-state index in [1.807, 2.05) is 52.1 Å². The first-order valence-corrected chi connectivity index (χ1v) is 9.74. The maximum atomic E-state index is 12.7. The van der Waals surface area contributed by atoms with Crippen molar-refractivity contribution < 1.29 is 14.7 Å². The van der Waals surface area contributed by atoms with Gasteiger partial charge in [0.25, 0.3) is 0 Å². The number of aromatic carboxylic acids is 1. The highest BCUT2D eigenvalue weighted by Gasteiger charge is 2.24. The Morgan fingerprint density at radius 1 is 0.964 bits per heavy atom. The summed E-state index contributed by atoms with van der Waals surface area (Å²) in [6.07, 6.45) is 4.54. The smallest absolute Gasteiger partial charge is 0.335 e. The van der Waals surface area contributed by atoms with Crippen LogP contribution in [0, 0.1) is 5.92 Å². The molecule has 0 atom stereocenters. The molecule has 0 saturated carbocycles. The summed E-state index contributed by atoms with van der Waals surface area (Å²) in [5.74, 6) is -0.315. The van der Waals surface area contributed by atoms with Crippen LogP contribution in [0.1, 0.15) is 28.8 Å². The van der Waals surface area contributed by atoms with Crippen LogP contribution >= 0.6 is 0 Å². The first-order valence-electron chi connectivity index (χ1n) is 9.74. The normalized spacial score (nSPS) is 15.1. The number of aromatic nitrogens is 1. The number of fused-ring (bicyclic) bond motifs is 1. The number of amides is 1. The summed E-state index contributed by atoms with van der Waals surface area (Å²) in [5.41, 5.74) is 2.36. The van der Waals surface area contributed by atoms with Gasteiger partial charge in [-0.3, -0.25) is 4.79 Å². The van der Waals surface area contributed by atoms with Gasteiger partial charge >= 0.3 is 5.97 Å². The second-order valence-electron chi connectivity index (χ2n) is 7.49. The summed E-state index contributed by atoms with van der Waals surface area (Å²) in [5, 5.41) is 10.5. The highest BCUT2D eigenvalue weighted by atomic mass is 16.4. The van der Waals surface area contributed by atoms with Gasteiger partial charge in [-0.2, -0.15) is 0 Å². The number of para-hydroxylation sites is 1. The van der Waals surface area contributed by atoms with Gasteiger partial charge < -0.3 is 14.6 Å². The van der Waals surface area contributed by atoms with E-state index in [-0.39, 0.29) is 5.91 Å². The zero-order valence-corrected chi connectivity index (χ0v) is 15.8. The molecule has 0 spiro atoms. The lowest BCUT2D eigenvalue weighted by Gasteiger charge is -2.32. The molecule has 2 aromatic carbocycles. The van der Waals surface area contributed by atoms with Crippen LogP contribution in [0.2, 0.25) is 0 Å². The van der Waals surface area contributed by atoms with E-state index >= 15 is 0 Å². The highest BCUT2D eigenvalue weighted by Crippen LogP contribution is 2.24. The number of carboxylic acid groups (broad SMARTS) is 1. The Hall–Kier alpha value is -3.08. The Bertz CT molecular complexity index is 1000. The van der Waals surface area contributed by atoms with Crippen molar-refractivity contribution in [1.82, 2.24) is 9.47 Å². The maximum Gasteiger partial charge on any atom is 0.335 e. The van der Waals surface area contributed by atoms with Gasteiger partial charge in [-0.15, -0.1) is 0 Å². The number of rotatable bonds is 5. The number of hydrogen-bond acceptors (Lipinski definition) is 2. The monoisotopic (exact) mass is 376 g/mol. The highest BCUT2D eigenvalue weighted by molar-refractivity contribution is 5.89. The lowest BCUT2D eigenvalue weighted by molar-refractivity contribution is -0.133. The minimum absolute atomic E-state index is 0.144. The topological polar surface area (TPSA) is 62.5 Å².